The largest absolute Gasteiger partial charge is 0.307 e. The second-order valence-electron chi connectivity index (χ2n) is 2.99. The summed E-state index contributed by atoms with van der Waals surface area (Å²) in [4.78, 5) is 13.9. The minimum Gasteiger partial charge on any atom is -0.258 e. The molecule has 1 rings (SSSR count). The van der Waals surface area contributed by atoms with Gasteiger partial charge in [-0.15, -0.1) is 0 Å². The molecule has 0 saturated heterocycles. The van der Waals surface area contributed by atoms with Crippen molar-refractivity contribution < 1.29 is 4.92 Å². The van der Waals surface area contributed by atoms with Crippen molar-refractivity contribution in [2.24, 2.45) is 0 Å². The van der Waals surface area contributed by atoms with E-state index in [0.29, 0.717) is 11.3 Å². The van der Waals surface area contributed by atoms with Crippen molar-refractivity contribution in [3.63, 3.8) is 0 Å². The molecule has 0 N–H and O–H groups in total. The SMILES string of the molecule is Cc1nc(Cl)c([N+](=O)[O-])cc1C=CCC#N. The number of nitro groups is 1. The minimum atomic E-state index is -0.587. The van der Waals surface area contributed by atoms with Crippen molar-refractivity contribution in [2.45, 2.75) is 13.3 Å². The van der Waals surface area contributed by atoms with E-state index in [1.165, 1.54) is 6.07 Å². The van der Waals surface area contributed by atoms with Gasteiger partial charge in [0.1, 0.15) is 0 Å². The van der Waals surface area contributed by atoms with Gasteiger partial charge in [0.15, 0.2) is 0 Å². The van der Waals surface area contributed by atoms with Crippen molar-refractivity contribution >= 4 is 23.4 Å². The zero-order chi connectivity index (χ0) is 12.1. The molecule has 0 aliphatic carbocycles. The molecule has 0 saturated carbocycles. The molecule has 1 aromatic heterocycles. The van der Waals surface area contributed by atoms with E-state index < -0.39 is 4.92 Å². The van der Waals surface area contributed by atoms with Gasteiger partial charge in [-0.1, -0.05) is 23.8 Å². The predicted molar refractivity (Wildman–Crippen MR) is 59.9 cm³/mol. The summed E-state index contributed by atoms with van der Waals surface area (Å²) < 4.78 is 0. The van der Waals surface area contributed by atoms with Crippen molar-refractivity contribution in [1.82, 2.24) is 4.98 Å². The number of nitriles is 1. The molecule has 0 fully saturated rings. The molecular formula is C10H8ClN3O2. The molecule has 6 heteroatoms. The Balaban J connectivity index is 3.16. The second-order valence-corrected chi connectivity index (χ2v) is 3.35. The molecule has 0 spiro atoms. The number of aryl methyl sites for hydroxylation is 1. The molecule has 0 atom stereocenters. The molecule has 0 aromatic carbocycles. The van der Waals surface area contributed by atoms with E-state index in [1.807, 2.05) is 6.07 Å². The fourth-order valence-electron chi connectivity index (χ4n) is 1.12. The monoisotopic (exact) mass is 237 g/mol. The minimum absolute atomic E-state index is 0.125. The Bertz CT molecular complexity index is 492. The van der Waals surface area contributed by atoms with Gasteiger partial charge >= 0.3 is 5.69 Å². The normalized spacial score (nSPS) is 10.3. The number of nitrogens with zero attached hydrogens (tertiary/aromatic N) is 3. The summed E-state index contributed by atoms with van der Waals surface area (Å²) in [5.74, 6) is 0. The molecule has 1 heterocycles. The fraction of sp³-hybridized carbons (Fsp3) is 0.200. The molecule has 0 radical (unpaired) electrons. The number of allylic oxidation sites excluding steroid dienone is 1. The highest BCUT2D eigenvalue weighted by Crippen LogP contribution is 2.25. The summed E-state index contributed by atoms with van der Waals surface area (Å²) in [6.07, 6.45) is 3.48. The summed E-state index contributed by atoms with van der Waals surface area (Å²) >= 11 is 5.63. The van der Waals surface area contributed by atoms with Gasteiger partial charge in [0.05, 0.1) is 17.4 Å². The van der Waals surface area contributed by atoms with Crippen LogP contribution in [0.1, 0.15) is 17.7 Å². The topological polar surface area (TPSA) is 79.8 Å². The lowest BCUT2D eigenvalue weighted by atomic mass is 10.1. The summed E-state index contributed by atoms with van der Waals surface area (Å²) in [5.41, 5.74) is 0.944. The lowest BCUT2D eigenvalue weighted by Crippen LogP contribution is -1.95. The van der Waals surface area contributed by atoms with Gasteiger partial charge in [0.2, 0.25) is 5.15 Å². The van der Waals surface area contributed by atoms with Crippen LogP contribution in [0.2, 0.25) is 5.15 Å². The first kappa shape index (κ1) is 12.1. The van der Waals surface area contributed by atoms with Crippen LogP contribution in [0.3, 0.4) is 0 Å². The van der Waals surface area contributed by atoms with E-state index in [4.69, 9.17) is 16.9 Å². The van der Waals surface area contributed by atoms with Crippen molar-refractivity contribution in [3.8, 4) is 6.07 Å². The van der Waals surface area contributed by atoms with Crippen LogP contribution in [0.5, 0.6) is 0 Å². The first-order chi connectivity index (χ1) is 7.56. The van der Waals surface area contributed by atoms with E-state index in [0.717, 1.165) is 0 Å². The van der Waals surface area contributed by atoms with Gasteiger partial charge in [-0.2, -0.15) is 5.26 Å². The van der Waals surface area contributed by atoms with Gasteiger partial charge in [-0.3, -0.25) is 10.1 Å². The first-order valence-corrected chi connectivity index (χ1v) is 4.79. The Labute approximate surface area is 97.1 Å². The van der Waals surface area contributed by atoms with Gasteiger partial charge in [-0.05, 0) is 6.92 Å². The molecular weight excluding hydrogens is 230 g/mol. The van der Waals surface area contributed by atoms with Crippen LogP contribution in [0.4, 0.5) is 5.69 Å². The number of rotatable bonds is 3. The fourth-order valence-corrected chi connectivity index (χ4v) is 1.37. The first-order valence-electron chi connectivity index (χ1n) is 4.41. The van der Waals surface area contributed by atoms with Gasteiger partial charge < -0.3 is 0 Å². The van der Waals surface area contributed by atoms with Crippen LogP contribution < -0.4 is 0 Å². The molecule has 0 amide bonds. The maximum Gasteiger partial charge on any atom is 0.307 e. The average molecular weight is 238 g/mol. The Kier molecular flexibility index (Phi) is 3.97. The van der Waals surface area contributed by atoms with Crippen LogP contribution in [0.25, 0.3) is 6.08 Å². The maximum absolute atomic E-state index is 10.6. The molecule has 0 bridgehead atoms. The Hall–Kier alpha value is -1.93. The molecule has 82 valence electrons. The molecule has 0 unspecified atom stereocenters. The Morgan fingerprint density at radius 1 is 1.75 bits per heavy atom. The third kappa shape index (κ3) is 2.78. The van der Waals surface area contributed by atoms with E-state index in [1.54, 1.807) is 19.1 Å². The number of hydrogen-bond donors (Lipinski definition) is 0. The van der Waals surface area contributed by atoms with Crippen molar-refractivity contribution in [2.75, 3.05) is 0 Å². The number of aromatic nitrogens is 1. The number of halogens is 1. The zero-order valence-corrected chi connectivity index (χ0v) is 9.23. The Morgan fingerprint density at radius 2 is 2.44 bits per heavy atom. The molecule has 0 aliphatic heterocycles. The maximum atomic E-state index is 10.6. The summed E-state index contributed by atoms with van der Waals surface area (Å²) in [6, 6.07) is 3.28. The van der Waals surface area contributed by atoms with Crippen LogP contribution in [-0.4, -0.2) is 9.91 Å². The second kappa shape index (κ2) is 5.24. The van der Waals surface area contributed by atoms with Crippen LogP contribution >= 0.6 is 11.6 Å². The lowest BCUT2D eigenvalue weighted by Gasteiger charge is -2.01. The smallest absolute Gasteiger partial charge is 0.258 e. The highest BCUT2D eigenvalue weighted by atomic mass is 35.5. The molecule has 0 aliphatic rings. The van der Waals surface area contributed by atoms with E-state index in [2.05, 4.69) is 4.98 Å². The van der Waals surface area contributed by atoms with Crippen LogP contribution in [0, 0.1) is 28.4 Å². The average Bonchev–Trinajstić information content (AvgIpc) is 2.21. The molecule has 16 heavy (non-hydrogen) atoms. The Morgan fingerprint density at radius 3 is 3.00 bits per heavy atom. The zero-order valence-electron chi connectivity index (χ0n) is 8.48. The standard InChI is InChI=1S/C10H8ClN3O2/c1-7-8(4-2-3-5-12)6-9(14(15)16)10(11)13-7/h2,4,6H,3H2,1H3. The van der Waals surface area contributed by atoms with E-state index >= 15 is 0 Å². The van der Waals surface area contributed by atoms with Gasteiger partial charge in [0, 0.05) is 17.3 Å². The summed E-state index contributed by atoms with van der Waals surface area (Å²) in [5, 5.41) is 18.8. The van der Waals surface area contributed by atoms with E-state index in [-0.39, 0.29) is 17.3 Å². The van der Waals surface area contributed by atoms with Crippen molar-refractivity contribution in [1.29, 1.82) is 5.26 Å². The summed E-state index contributed by atoms with van der Waals surface area (Å²) in [6.45, 7) is 1.70. The number of hydrogen-bond acceptors (Lipinski definition) is 4. The lowest BCUT2D eigenvalue weighted by molar-refractivity contribution is -0.385. The molecule has 1 aromatic rings. The predicted octanol–water partition coefficient (Wildman–Crippen LogP) is 2.88. The van der Waals surface area contributed by atoms with E-state index in [9.17, 15) is 10.1 Å². The molecule has 5 nitrogen and oxygen atoms in total. The van der Waals surface area contributed by atoms with Gasteiger partial charge in [0.25, 0.3) is 0 Å². The summed E-state index contributed by atoms with van der Waals surface area (Å²) in [7, 11) is 0. The van der Waals surface area contributed by atoms with Crippen LogP contribution in [-0.2, 0) is 0 Å². The number of pyridine rings is 1. The third-order valence-electron chi connectivity index (χ3n) is 1.89. The quantitative estimate of drug-likeness (QED) is 0.460. The van der Waals surface area contributed by atoms with Crippen molar-refractivity contribution in [3.05, 3.63) is 38.7 Å². The van der Waals surface area contributed by atoms with Crippen LogP contribution in [0.15, 0.2) is 12.1 Å². The van der Waals surface area contributed by atoms with Gasteiger partial charge in [-0.25, -0.2) is 4.98 Å². The highest BCUT2D eigenvalue weighted by Gasteiger charge is 2.15. The third-order valence-corrected chi connectivity index (χ3v) is 2.17. The highest BCUT2D eigenvalue weighted by molar-refractivity contribution is 6.31.